The summed E-state index contributed by atoms with van der Waals surface area (Å²) < 4.78 is 0.808. The van der Waals surface area contributed by atoms with Crippen LogP contribution in [0, 0.1) is 0 Å². The van der Waals surface area contributed by atoms with Gasteiger partial charge in [-0.1, -0.05) is 0 Å². The first-order valence-electron chi connectivity index (χ1n) is 11.4. The van der Waals surface area contributed by atoms with Crippen molar-refractivity contribution in [2.75, 3.05) is 6.54 Å². The van der Waals surface area contributed by atoms with Crippen LogP contribution in [0.2, 0.25) is 4.31 Å². The average molecular weight is 497 g/mol. The van der Waals surface area contributed by atoms with Gasteiger partial charge in [0.2, 0.25) is 0 Å². The fraction of sp³-hybridized carbons (Fsp3) is 0.167. The molecule has 1 heterocycles. The monoisotopic (exact) mass is 497 g/mol. The predicted molar refractivity (Wildman–Crippen MR) is 136 cm³/mol. The van der Waals surface area contributed by atoms with Crippen LogP contribution < -0.4 is 4.46 Å². The molecule has 5 rings (SSSR count). The van der Waals surface area contributed by atoms with Gasteiger partial charge in [0.25, 0.3) is 0 Å². The first-order chi connectivity index (χ1) is 16.2. The molecule has 1 amide bonds. The van der Waals surface area contributed by atoms with E-state index in [1.54, 1.807) is 0 Å². The van der Waals surface area contributed by atoms with Gasteiger partial charge in [-0.25, -0.2) is 0 Å². The van der Waals surface area contributed by atoms with E-state index in [1.165, 1.54) is 21.2 Å². The molecule has 0 aliphatic carbocycles. The van der Waals surface area contributed by atoms with E-state index in [4.69, 9.17) is 0 Å². The van der Waals surface area contributed by atoms with Gasteiger partial charge in [0.05, 0.1) is 0 Å². The number of benzene rings is 4. The average Bonchev–Trinajstić information content (AvgIpc) is 3.12. The van der Waals surface area contributed by atoms with Gasteiger partial charge in [0, 0.05) is 0 Å². The van der Waals surface area contributed by atoms with Gasteiger partial charge < -0.3 is 0 Å². The summed E-state index contributed by atoms with van der Waals surface area (Å²) in [6, 6.07) is 42.2. The fourth-order valence-electron chi connectivity index (χ4n) is 4.82. The van der Waals surface area contributed by atoms with E-state index in [-0.39, 0.29) is 26.8 Å². The Kier molecular flexibility index (Phi) is 6.44. The summed E-state index contributed by atoms with van der Waals surface area (Å²) in [6.07, 6.45) is 0.756. The van der Waals surface area contributed by atoms with Gasteiger partial charge in [-0.3, -0.25) is 0 Å². The van der Waals surface area contributed by atoms with Crippen molar-refractivity contribution in [2.24, 2.45) is 0 Å². The predicted octanol–water partition coefficient (Wildman–Crippen LogP) is 5.24. The molecule has 4 aromatic rings. The van der Waals surface area contributed by atoms with Crippen molar-refractivity contribution >= 4 is 25.3 Å². The molecule has 1 fully saturated rings. The van der Waals surface area contributed by atoms with E-state index >= 15 is 0 Å². The van der Waals surface area contributed by atoms with Crippen LogP contribution in [0.1, 0.15) is 22.6 Å². The zero-order valence-corrected chi connectivity index (χ0v) is 20.2. The van der Waals surface area contributed by atoms with Crippen LogP contribution in [0.25, 0.3) is 0 Å². The number of carbonyl (C=O) groups excluding carboxylic acids is 1. The maximum atomic E-state index is 14.4. The Morgan fingerprint density at radius 1 is 0.697 bits per heavy atom. The molecular weight excluding hydrogens is 469 g/mol. The third-order valence-corrected chi connectivity index (χ3v) is 9.48. The summed E-state index contributed by atoms with van der Waals surface area (Å²) in [7, 11) is 0. The second kappa shape index (κ2) is 9.79. The third kappa shape index (κ3) is 4.66. The van der Waals surface area contributed by atoms with Crippen molar-refractivity contribution < 1.29 is 4.79 Å². The minimum absolute atomic E-state index is 0.0207. The van der Waals surface area contributed by atoms with Crippen molar-refractivity contribution in [1.29, 1.82) is 0 Å². The number of hydrogen-bond acceptors (Lipinski definition) is 1. The van der Waals surface area contributed by atoms with Crippen LogP contribution in [-0.2, 0) is 17.8 Å². The van der Waals surface area contributed by atoms with Crippen LogP contribution in [0.4, 0.5) is 0 Å². The number of rotatable bonds is 7. The normalized spacial score (nSPS) is 20.2. The molecule has 4 aromatic carbocycles. The number of nitrogens with zero attached hydrogens (tertiary/aromatic N) is 1. The Balaban J connectivity index is 1.60. The molecule has 2 nitrogen and oxygen atoms in total. The topological polar surface area (TPSA) is 20.3 Å². The molecule has 0 spiro atoms. The summed E-state index contributed by atoms with van der Waals surface area (Å²) in [5, 5.41) is 0. The molecule has 0 N–H and O–H groups in total. The number of amides is 1. The molecule has 164 valence electrons. The summed E-state index contributed by atoms with van der Waals surface area (Å²) in [5.74, 6) is 0.434. The molecular formula is C30H27NOSe. The zero-order chi connectivity index (χ0) is 22.5. The maximum absolute atomic E-state index is 14.4. The Labute approximate surface area is 202 Å². The van der Waals surface area contributed by atoms with Crippen LogP contribution in [0.3, 0.4) is 0 Å². The molecule has 1 aliphatic rings. The van der Waals surface area contributed by atoms with Gasteiger partial charge in [-0.05, 0) is 0 Å². The van der Waals surface area contributed by atoms with Crippen molar-refractivity contribution in [1.82, 2.24) is 4.90 Å². The van der Waals surface area contributed by atoms with Crippen LogP contribution in [-0.4, -0.2) is 32.3 Å². The summed E-state index contributed by atoms with van der Waals surface area (Å²) in [4.78, 5) is 16.5. The quantitative estimate of drug-likeness (QED) is 0.321. The standard InChI is InChI=1S/C30H27NOSe/c32-29-30(21-24-13-5-1-6-14-24,33-27-19-11-4-12-20-27)28(26-17-9-3-10-18-26)23-31(29)22-25-15-7-2-8-16-25/h1-20,28H,21-23H2/t28-,30-/m1/s1. The molecule has 0 radical (unpaired) electrons. The summed E-state index contributed by atoms with van der Waals surface area (Å²) in [5.41, 5.74) is 3.67. The van der Waals surface area contributed by atoms with Gasteiger partial charge in [-0.2, -0.15) is 0 Å². The Bertz CT molecular complexity index is 1140. The molecule has 0 saturated carbocycles. The summed E-state index contributed by atoms with van der Waals surface area (Å²) >= 11 is -0.0207. The Hall–Kier alpha value is -3.13. The number of carbonyl (C=O) groups is 1. The van der Waals surface area contributed by atoms with Gasteiger partial charge in [-0.15, -0.1) is 0 Å². The van der Waals surface area contributed by atoms with E-state index < -0.39 is 4.31 Å². The number of hydrogen-bond donors (Lipinski definition) is 0. The Morgan fingerprint density at radius 2 is 1.21 bits per heavy atom. The SMILES string of the molecule is O=C1N(Cc2ccccc2)C[C@H](c2ccccc2)[C@@]1(Cc1ccccc1)[Se]c1ccccc1. The summed E-state index contributed by atoms with van der Waals surface area (Å²) in [6.45, 7) is 1.41. The molecule has 2 atom stereocenters. The first-order valence-corrected chi connectivity index (χ1v) is 13.1. The van der Waals surface area contributed by atoms with E-state index in [0.29, 0.717) is 6.54 Å². The zero-order valence-electron chi connectivity index (χ0n) is 18.5. The second-order valence-electron chi connectivity index (χ2n) is 8.60. The van der Waals surface area contributed by atoms with Crippen LogP contribution in [0.5, 0.6) is 0 Å². The van der Waals surface area contributed by atoms with Crippen LogP contribution in [0.15, 0.2) is 121 Å². The van der Waals surface area contributed by atoms with Gasteiger partial charge in [0.15, 0.2) is 0 Å². The van der Waals surface area contributed by atoms with Crippen molar-refractivity contribution in [3.05, 3.63) is 138 Å². The van der Waals surface area contributed by atoms with E-state index in [2.05, 4.69) is 114 Å². The fourth-order valence-corrected chi connectivity index (χ4v) is 8.01. The van der Waals surface area contributed by atoms with Crippen molar-refractivity contribution in [2.45, 2.75) is 23.2 Å². The van der Waals surface area contributed by atoms with Gasteiger partial charge >= 0.3 is 203 Å². The van der Waals surface area contributed by atoms with Crippen LogP contribution >= 0.6 is 0 Å². The van der Waals surface area contributed by atoms with Crippen molar-refractivity contribution in [3.8, 4) is 0 Å². The molecule has 3 heteroatoms. The Morgan fingerprint density at radius 3 is 1.82 bits per heavy atom. The van der Waals surface area contributed by atoms with Crippen molar-refractivity contribution in [3.63, 3.8) is 0 Å². The molecule has 1 aliphatic heterocycles. The third-order valence-electron chi connectivity index (χ3n) is 6.39. The van der Waals surface area contributed by atoms with E-state index in [1.807, 2.05) is 12.1 Å². The molecule has 0 unspecified atom stereocenters. The second-order valence-corrected chi connectivity index (χ2v) is 11.5. The first kappa shape index (κ1) is 21.7. The minimum atomic E-state index is -0.466. The molecule has 0 bridgehead atoms. The molecule has 0 aromatic heterocycles. The number of likely N-dealkylation sites (tertiary alicyclic amines) is 1. The molecule has 33 heavy (non-hydrogen) atoms. The molecule has 1 saturated heterocycles. The van der Waals surface area contributed by atoms with E-state index in [9.17, 15) is 4.79 Å². The van der Waals surface area contributed by atoms with E-state index in [0.717, 1.165) is 13.0 Å². The van der Waals surface area contributed by atoms with Gasteiger partial charge in [0.1, 0.15) is 0 Å².